The highest BCUT2D eigenvalue weighted by Crippen LogP contribution is 2.43. The molecule has 1 heterocycles. The first-order chi connectivity index (χ1) is 7.99. The van der Waals surface area contributed by atoms with Crippen molar-refractivity contribution in [2.24, 2.45) is 5.92 Å². The molecular weight excluding hydrogens is 216 g/mol. The summed E-state index contributed by atoms with van der Waals surface area (Å²) in [4.78, 5) is 12.4. The number of carbonyl (C=O) groups excluding carboxylic acids is 1. The van der Waals surface area contributed by atoms with Crippen LogP contribution >= 0.6 is 0 Å². The van der Waals surface area contributed by atoms with Crippen molar-refractivity contribution in [3.63, 3.8) is 0 Å². The van der Waals surface area contributed by atoms with Gasteiger partial charge in [0.05, 0.1) is 5.60 Å². The highest BCUT2D eigenvalue weighted by molar-refractivity contribution is 5.88. The number of rotatable bonds is 3. The summed E-state index contributed by atoms with van der Waals surface area (Å²) < 4.78 is 11.3. The number of carbonyl (C=O) groups is 1. The van der Waals surface area contributed by atoms with Gasteiger partial charge in [0.15, 0.2) is 5.78 Å². The summed E-state index contributed by atoms with van der Waals surface area (Å²) in [5.41, 5.74) is -0.635. The molecule has 0 aromatic heterocycles. The van der Waals surface area contributed by atoms with E-state index in [2.05, 4.69) is 0 Å². The van der Waals surface area contributed by atoms with Crippen LogP contribution in [0.15, 0.2) is 0 Å². The first-order valence-electron chi connectivity index (χ1n) is 6.73. The highest BCUT2D eigenvalue weighted by Gasteiger charge is 2.44. The van der Waals surface area contributed by atoms with Crippen LogP contribution in [0.25, 0.3) is 0 Å². The van der Waals surface area contributed by atoms with Crippen LogP contribution in [0, 0.1) is 5.92 Å². The zero-order valence-corrected chi connectivity index (χ0v) is 11.3. The van der Waals surface area contributed by atoms with E-state index in [1.165, 1.54) is 12.8 Å². The minimum atomic E-state index is -0.651. The third-order valence-electron chi connectivity index (χ3n) is 4.48. The van der Waals surface area contributed by atoms with Crippen LogP contribution in [0.1, 0.15) is 52.4 Å². The average Bonchev–Trinajstić information content (AvgIpc) is 2.76. The number of ether oxygens (including phenoxy) is 2. The molecule has 0 aromatic carbocycles. The molecule has 0 radical (unpaired) electrons. The van der Waals surface area contributed by atoms with Crippen LogP contribution in [0.2, 0.25) is 0 Å². The van der Waals surface area contributed by atoms with Gasteiger partial charge < -0.3 is 9.47 Å². The lowest BCUT2D eigenvalue weighted by molar-refractivity contribution is -0.153. The fourth-order valence-corrected chi connectivity index (χ4v) is 3.21. The van der Waals surface area contributed by atoms with Gasteiger partial charge in [0.25, 0.3) is 0 Å². The van der Waals surface area contributed by atoms with E-state index in [1.54, 1.807) is 7.11 Å². The summed E-state index contributed by atoms with van der Waals surface area (Å²) in [6.07, 6.45) is 6.50. The normalized spacial score (nSPS) is 28.5. The van der Waals surface area contributed by atoms with E-state index in [-0.39, 0.29) is 17.3 Å². The molecule has 1 aliphatic heterocycles. The second kappa shape index (κ2) is 4.69. The van der Waals surface area contributed by atoms with Gasteiger partial charge in [-0.25, -0.2) is 0 Å². The van der Waals surface area contributed by atoms with Gasteiger partial charge in [-0.05, 0) is 39.5 Å². The van der Waals surface area contributed by atoms with E-state index in [4.69, 9.17) is 9.47 Å². The van der Waals surface area contributed by atoms with Gasteiger partial charge in [-0.3, -0.25) is 4.79 Å². The lowest BCUT2D eigenvalue weighted by Crippen LogP contribution is -2.46. The maximum Gasteiger partial charge on any atom is 0.167 e. The zero-order chi connectivity index (χ0) is 12.5. The molecule has 17 heavy (non-hydrogen) atoms. The van der Waals surface area contributed by atoms with Crippen molar-refractivity contribution >= 4 is 5.78 Å². The molecule has 1 atom stereocenters. The summed E-state index contributed by atoms with van der Waals surface area (Å²) in [7, 11) is 1.61. The second-order valence-corrected chi connectivity index (χ2v) is 6.01. The predicted octanol–water partition coefficient (Wildman–Crippen LogP) is 2.72. The summed E-state index contributed by atoms with van der Waals surface area (Å²) in [6.45, 7) is 4.47. The Bertz CT molecular complexity index is 290. The van der Waals surface area contributed by atoms with E-state index in [1.807, 2.05) is 13.8 Å². The topological polar surface area (TPSA) is 35.5 Å². The Hall–Kier alpha value is -0.410. The maximum absolute atomic E-state index is 12.4. The van der Waals surface area contributed by atoms with Gasteiger partial charge in [0.1, 0.15) is 5.60 Å². The van der Waals surface area contributed by atoms with Crippen molar-refractivity contribution < 1.29 is 14.3 Å². The Kier molecular flexibility index (Phi) is 3.60. The molecule has 2 fully saturated rings. The Labute approximate surface area is 104 Å². The van der Waals surface area contributed by atoms with E-state index < -0.39 is 5.60 Å². The molecular formula is C14H24O3. The summed E-state index contributed by atoms with van der Waals surface area (Å²) in [6, 6.07) is 0. The average molecular weight is 240 g/mol. The predicted molar refractivity (Wildman–Crippen MR) is 66.0 cm³/mol. The summed E-state index contributed by atoms with van der Waals surface area (Å²) >= 11 is 0. The molecule has 2 aliphatic rings. The standard InChI is InChI=1S/C14H24O3/c1-13(2,16-3)12(15)11-6-9-17-14(10-11)7-4-5-8-14/h11H,4-10H2,1-3H3. The van der Waals surface area contributed by atoms with Gasteiger partial charge >= 0.3 is 0 Å². The molecule has 0 bridgehead atoms. The number of ketones is 1. The second-order valence-electron chi connectivity index (χ2n) is 6.01. The summed E-state index contributed by atoms with van der Waals surface area (Å²) in [5.74, 6) is 0.367. The molecule has 1 saturated carbocycles. The SMILES string of the molecule is COC(C)(C)C(=O)C1CCOC2(CCCC2)C1. The van der Waals surface area contributed by atoms with Gasteiger partial charge in [-0.2, -0.15) is 0 Å². The zero-order valence-electron chi connectivity index (χ0n) is 11.3. The molecule has 2 rings (SSSR count). The molecule has 0 amide bonds. The van der Waals surface area contributed by atoms with Gasteiger partial charge in [-0.1, -0.05) is 12.8 Å². The first kappa shape index (κ1) is 13.0. The fraction of sp³-hybridized carbons (Fsp3) is 0.929. The fourth-order valence-electron chi connectivity index (χ4n) is 3.21. The quantitative estimate of drug-likeness (QED) is 0.761. The molecule has 3 nitrogen and oxygen atoms in total. The monoisotopic (exact) mass is 240 g/mol. The van der Waals surface area contributed by atoms with Crippen molar-refractivity contribution in [2.75, 3.05) is 13.7 Å². The Morgan fingerprint density at radius 2 is 2.00 bits per heavy atom. The number of methoxy groups -OCH3 is 1. The molecule has 98 valence electrons. The smallest absolute Gasteiger partial charge is 0.167 e. The summed E-state index contributed by atoms with van der Waals surface area (Å²) in [5, 5.41) is 0. The minimum Gasteiger partial charge on any atom is -0.375 e. The van der Waals surface area contributed by atoms with Crippen LogP contribution < -0.4 is 0 Å². The van der Waals surface area contributed by atoms with Crippen LogP contribution in [-0.2, 0) is 14.3 Å². The van der Waals surface area contributed by atoms with Crippen LogP contribution in [0.5, 0.6) is 0 Å². The lowest BCUT2D eigenvalue weighted by atomic mass is 9.78. The molecule has 1 aliphatic carbocycles. The largest absolute Gasteiger partial charge is 0.375 e. The molecule has 0 N–H and O–H groups in total. The van der Waals surface area contributed by atoms with E-state index in [0.29, 0.717) is 0 Å². The highest BCUT2D eigenvalue weighted by atomic mass is 16.5. The van der Waals surface area contributed by atoms with Crippen LogP contribution in [0.3, 0.4) is 0 Å². The van der Waals surface area contributed by atoms with Crippen LogP contribution in [-0.4, -0.2) is 30.7 Å². The number of hydrogen-bond acceptors (Lipinski definition) is 3. The third kappa shape index (κ3) is 2.55. The van der Waals surface area contributed by atoms with Crippen molar-refractivity contribution in [3.05, 3.63) is 0 Å². The lowest BCUT2D eigenvalue weighted by Gasteiger charge is -2.39. The van der Waals surface area contributed by atoms with E-state index in [0.717, 1.165) is 32.3 Å². The Morgan fingerprint density at radius 1 is 1.35 bits per heavy atom. The third-order valence-corrected chi connectivity index (χ3v) is 4.48. The van der Waals surface area contributed by atoms with Gasteiger partial charge in [0, 0.05) is 19.6 Å². The van der Waals surface area contributed by atoms with E-state index in [9.17, 15) is 4.79 Å². The number of hydrogen-bond donors (Lipinski definition) is 0. The van der Waals surface area contributed by atoms with Crippen LogP contribution in [0.4, 0.5) is 0 Å². The molecule has 1 saturated heterocycles. The Balaban J connectivity index is 2.04. The minimum absolute atomic E-state index is 0.0163. The molecule has 3 heteroatoms. The van der Waals surface area contributed by atoms with Gasteiger partial charge in [-0.15, -0.1) is 0 Å². The first-order valence-corrected chi connectivity index (χ1v) is 6.73. The van der Waals surface area contributed by atoms with Gasteiger partial charge in [0.2, 0.25) is 0 Å². The number of Topliss-reactive ketones (excluding diaryl/α,β-unsaturated/α-hetero) is 1. The van der Waals surface area contributed by atoms with Crippen molar-refractivity contribution in [1.82, 2.24) is 0 Å². The maximum atomic E-state index is 12.4. The van der Waals surface area contributed by atoms with Crippen molar-refractivity contribution in [1.29, 1.82) is 0 Å². The molecule has 1 unspecified atom stereocenters. The van der Waals surface area contributed by atoms with E-state index >= 15 is 0 Å². The van der Waals surface area contributed by atoms with Crippen molar-refractivity contribution in [3.8, 4) is 0 Å². The molecule has 1 spiro atoms. The Morgan fingerprint density at radius 3 is 2.59 bits per heavy atom. The molecule has 0 aromatic rings. The van der Waals surface area contributed by atoms with Crippen molar-refractivity contribution in [2.45, 2.75) is 63.6 Å².